The molecule has 3 aromatic heterocycles. The monoisotopic (exact) mass is 1020 g/mol. The van der Waals surface area contributed by atoms with Crippen molar-refractivity contribution in [2.24, 2.45) is 10.7 Å². The Morgan fingerprint density at radius 1 is 0.746 bits per heavy atom. The van der Waals surface area contributed by atoms with Crippen molar-refractivity contribution < 1.29 is 63.5 Å². The zero-order chi connectivity index (χ0) is 45.0. The molecule has 0 aliphatic carbocycles. The van der Waals surface area contributed by atoms with Crippen LogP contribution in [0.1, 0.15) is 0 Å². The molecule has 0 bridgehead atoms. The van der Waals surface area contributed by atoms with Gasteiger partial charge in [-0.05, 0) is 68.8 Å². The molecule has 352 valence electrons. The summed E-state index contributed by atoms with van der Waals surface area (Å²) in [5, 5.41) is 57.1. The number of isocyanates is 1. The summed E-state index contributed by atoms with van der Waals surface area (Å²) in [5.41, 5.74) is 5.34. The van der Waals surface area contributed by atoms with Crippen LogP contribution in [0.25, 0.3) is 0 Å². The highest BCUT2D eigenvalue weighted by Crippen LogP contribution is 2.31. The molecule has 8 N–H and O–H groups in total. The zero-order valence-corrected chi connectivity index (χ0v) is 39.8. The number of pyridine rings is 3. The van der Waals surface area contributed by atoms with Crippen molar-refractivity contribution in [3.8, 4) is 0 Å². The fraction of sp³-hybridized carbons (Fsp3) is 0.541. The molecule has 2 saturated heterocycles. The van der Waals surface area contributed by atoms with Gasteiger partial charge in [-0.15, -0.1) is 12.4 Å². The van der Waals surface area contributed by atoms with Crippen molar-refractivity contribution >= 4 is 89.3 Å². The minimum absolute atomic E-state index is 0. The number of aliphatic imine (C=N–C) groups is 1. The molecule has 63 heavy (non-hydrogen) atoms. The molecule has 2 aliphatic rings. The van der Waals surface area contributed by atoms with Crippen LogP contribution in [0.2, 0.25) is 0 Å². The zero-order valence-electron chi connectivity index (χ0n) is 34.1. The van der Waals surface area contributed by atoms with Gasteiger partial charge in [-0.25, -0.2) is 29.5 Å². The van der Waals surface area contributed by atoms with Crippen molar-refractivity contribution in [1.29, 1.82) is 0 Å². The van der Waals surface area contributed by atoms with Gasteiger partial charge in [0.25, 0.3) is 0 Å². The number of carbonyl (C=O) groups is 1. The standard InChI is InChI=1S/C22H34N2O12S2.C8H8N2OS2.C7H10N2S2.ClH/c1-31-9-11-14(25)16(27)17(28)21(35-11)33-10-12-15(26)19(18(29)20(32-2)34-12)36-22(30)24-7-8-37-38-13-5-3-4-6-23-13;11-7-9-5-6-12-13-8-3-1-2-4-10-8;8-4-6-10-11-7-3-1-2-5-9-7;/h3-6,11-12,14-21,25-29H,7-10H2,1-2H3,(H,24,30);1-4H,5-6H2;1-3,5H,4,6,8H2;1H/t11?,12?,14-,15-,16+,17?,18?,19+,20+,21+;;;/m1.../s1. The Bertz CT molecular complexity index is 1680. The maximum Gasteiger partial charge on any atom is 0.407 e. The van der Waals surface area contributed by atoms with E-state index in [4.69, 9.17) is 34.2 Å². The number of rotatable bonds is 21. The van der Waals surface area contributed by atoms with Crippen LogP contribution in [0.15, 0.2) is 93.3 Å². The number of hydrogen-bond acceptors (Lipinski definition) is 24. The minimum Gasteiger partial charge on any atom is -0.440 e. The number of alkyl carbamates (subject to hydrolysis) is 1. The summed E-state index contributed by atoms with van der Waals surface area (Å²) in [7, 11) is 12.2. The van der Waals surface area contributed by atoms with E-state index in [1.54, 1.807) is 61.8 Å². The fourth-order valence-electron chi connectivity index (χ4n) is 4.95. The van der Waals surface area contributed by atoms with Crippen LogP contribution in [-0.4, -0.2) is 178 Å². The van der Waals surface area contributed by atoms with E-state index in [0.717, 1.165) is 33.1 Å². The van der Waals surface area contributed by atoms with E-state index in [1.807, 2.05) is 54.6 Å². The molecule has 3 aromatic rings. The highest BCUT2D eigenvalue weighted by atomic mass is 35.5. The van der Waals surface area contributed by atoms with Crippen LogP contribution in [0, 0.1) is 0 Å². The summed E-state index contributed by atoms with van der Waals surface area (Å²) in [6.45, 7) is 1.03. The van der Waals surface area contributed by atoms with Gasteiger partial charge >= 0.3 is 6.09 Å². The van der Waals surface area contributed by atoms with Crippen LogP contribution in [0.5, 0.6) is 0 Å². The Labute approximate surface area is 395 Å². The number of aliphatic hydroxyl groups is 5. The third-order valence-electron chi connectivity index (χ3n) is 7.89. The van der Waals surface area contributed by atoms with Crippen molar-refractivity contribution in [3.63, 3.8) is 0 Å². The molecular formula is C37H53ClN6O13S6. The van der Waals surface area contributed by atoms with Gasteiger partial charge in [0.15, 0.2) is 18.7 Å². The first kappa shape index (κ1) is 57.2. The van der Waals surface area contributed by atoms with Crippen LogP contribution in [-0.2, 0) is 33.2 Å². The number of methoxy groups -OCH3 is 2. The third kappa shape index (κ3) is 21.9. The summed E-state index contributed by atoms with van der Waals surface area (Å²) in [4.78, 5) is 38.0. The van der Waals surface area contributed by atoms with Gasteiger partial charge in [-0.2, -0.15) is 0 Å². The smallest absolute Gasteiger partial charge is 0.407 e. The van der Waals surface area contributed by atoms with E-state index in [9.17, 15) is 35.1 Å². The maximum atomic E-state index is 12.3. The molecule has 2 aliphatic heterocycles. The van der Waals surface area contributed by atoms with Crippen molar-refractivity contribution in [2.45, 2.75) is 76.5 Å². The van der Waals surface area contributed by atoms with Crippen molar-refractivity contribution in [2.75, 3.05) is 64.3 Å². The molecule has 0 aromatic carbocycles. The molecule has 0 spiro atoms. The molecule has 2 fully saturated rings. The summed E-state index contributed by atoms with van der Waals surface area (Å²) in [6, 6.07) is 17.2. The van der Waals surface area contributed by atoms with Gasteiger partial charge in [0, 0.05) is 63.2 Å². The highest BCUT2D eigenvalue weighted by Gasteiger charge is 2.49. The van der Waals surface area contributed by atoms with E-state index in [1.165, 1.54) is 41.9 Å². The number of halogens is 1. The van der Waals surface area contributed by atoms with Gasteiger partial charge in [0.2, 0.25) is 6.08 Å². The summed E-state index contributed by atoms with van der Waals surface area (Å²) in [6.07, 6.45) is -7.98. The number of nitrogens with one attached hydrogen (secondary N) is 1. The number of hydrogen-bond donors (Lipinski definition) is 7. The molecule has 10 atom stereocenters. The summed E-state index contributed by atoms with van der Waals surface area (Å²) < 4.78 is 31.9. The summed E-state index contributed by atoms with van der Waals surface area (Å²) >= 11 is 0. The van der Waals surface area contributed by atoms with E-state index in [0.29, 0.717) is 12.3 Å². The lowest BCUT2D eigenvalue weighted by Crippen LogP contribution is -2.62. The van der Waals surface area contributed by atoms with Crippen LogP contribution < -0.4 is 11.1 Å². The predicted molar refractivity (Wildman–Crippen MR) is 247 cm³/mol. The normalized spacial score (nSPS) is 25.1. The number of nitrogens with two attached hydrogens (primary N) is 1. The average molecular weight is 1020 g/mol. The van der Waals surface area contributed by atoms with Gasteiger partial charge in [-0.3, -0.25) is 0 Å². The molecule has 5 rings (SSSR count). The Morgan fingerprint density at radius 3 is 1.79 bits per heavy atom. The van der Waals surface area contributed by atoms with E-state index >= 15 is 0 Å². The number of aromatic nitrogens is 3. The topological polar surface area (TPSA) is 280 Å². The first-order valence-corrected chi connectivity index (χ1v) is 25.7. The maximum absolute atomic E-state index is 12.3. The second kappa shape index (κ2) is 34.4. The first-order valence-electron chi connectivity index (χ1n) is 18.8. The predicted octanol–water partition coefficient (Wildman–Crippen LogP) is 2.84. The highest BCUT2D eigenvalue weighted by molar-refractivity contribution is 8.77. The Kier molecular flexibility index (Phi) is 31.2. The van der Waals surface area contributed by atoms with Crippen molar-refractivity contribution in [3.05, 3.63) is 73.2 Å². The minimum atomic E-state index is -1.60. The lowest BCUT2D eigenvalue weighted by atomic mass is 9.98. The van der Waals surface area contributed by atoms with E-state index in [-0.39, 0.29) is 25.6 Å². The fourth-order valence-corrected chi connectivity index (χ4v) is 10.2. The number of ether oxygens (including phenoxy) is 6. The van der Waals surface area contributed by atoms with Crippen LogP contribution in [0.4, 0.5) is 4.79 Å². The quantitative estimate of drug-likeness (QED) is 0.0350. The third-order valence-corrected chi connectivity index (χ3v) is 14.7. The van der Waals surface area contributed by atoms with Crippen molar-refractivity contribution in [1.82, 2.24) is 20.3 Å². The molecule has 0 radical (unpaired) electrons. The number of aliphatic hydroxyl groups excluding tert-OH is 5. The van der Waals surface area contributed by atoms with Crippen LogP contribution >= 0.6 is 77.2 Å². The van der Waals surface area contributed by atoms with E-state index in [2.05, 4.69) is 25.3 Å². The molecule has 5 heterocycles. The molecular weight excluding hydrogens is 964 g/mol. The number of carbonyl (C=O) groups excluding carboxylic acids is 2. The largest absolute Gasteiger partial charge is 0.440 e. The Hall–Kier alpha value is -1.95. The molecule has 26 heteroatoms. The second-order valence-corrected chi connectivity index (χ2v) is 19.6. The first-order chi connectivity index (χ1) is 30.1. The SMILES string of the molecule is COCC1O[C@H](OCC2O[C@H](OC)C(O)[C@@H](OC(=O)NCCSSc3ccccn3)[C@@H]2O)C(O)[C@@H](O)[C@@H]1O.Cl.NCCSSc1ccccn1.O=C=NCCSSc1ccccn1. The summed E-state index contributed by atoms with van der Waals surface area (Å²) in [5.74, 6) is 2.32. The lowest BCUT2D eigenvalue weighted by Gasteiger charge is -2.43. The van der Waals surface area contributed by atoms with Gasteiger partial charge < -0.3 is 65.0 Å². The van der Waals surface area contributed by atoms with Gasteiger partial charge in [0.05, 0.1) is 19.8 Å². The van der Waals surface area contributed by atoms with E-state index < -0.39 is 74.1 Å². The van der Waals surface area contributed by atoms with Gasteiger partial charge in [-0.1, -0.05) is 50.6 Å². The molecule has 19 nitrogen and oxygen atoms in total. The number of nitrogens with zero attached hydrogens (tertiary/aromatic N) is 4. The average Bonchev–Trinajstić information content (AvgIpc) is 3.29. The molecule has 1 amide bonds. The van der Waals surface area contributed by atoms with Gasteiger partial charge in [0.1, 0.15) is 57.8 Å². The Morgan fingerprint density at radius 2 is 1.29 bits per heavy atom. The van der Waals surface area contributed by atoms with Crippen LogP contribution in [0.3, 0.4) is 0 Å². The Balaban J connectivity index is 0.000000442. The number of amides is 1. The molecule has 0 saturated carbocycles. The second-order valence-electron chi connectivity index (χ2n) is 12.3. The molecule has 4 unspecified atom stereocenters. The lowest BCUT2D eigenvalue weighted by molar-refractivity contribution is -0.328.